The van der Waals surface area contributed by atoms with Crippen LogP contribution in [0, 0.1) is 15.9 Å². The summed E-state index contributed by atoms with van der Waals surface area (Å²) in [5, 5.41) is 0. The van der Waals surface area contributed by atoms with E-state index < -0.39 is 0 Å². The van der Waals surface area contributed by atoms with Gasteiger partial charge >= 0.3 is 0 Å². The molecule has 1 N–H and O–H groups in total. The van der Waals surface area contributed by atoms with E-state index in [0.717, 1.165) is 3.57 Å². The minimum atomic E-state index is 0.190. The normalized spacial score (nSPS) is 9.00. The molecule has 0 aromatic carbocycles. The van der Waals surface area contributed by atoms with Gasteiger partial charge in [-0.3, -0.25) is 4.84 Å². The fraction of sp³-hybridized carbons (Fsp3) is 0.143. The van der Waals surface area contributed by atoms with Crippen LogP contribution in [0.4, 0.5) is 5.95 Å². The number of nitrogens with zero attached hydrogens (tertiary/aromatic N) is 2. The second-order valence-corrected chi connectivity index (χ2v) is 3.07. The summed E-state index contributed by atoms with van der Waals surface area (Å²) in [7, 11) is 0. The largest absolute Gasteiger partial charge is 0.261 e. The Labute approximate surface area is 83.8 Å². The number of hydrogen-bond donors (Lipinski definition) is 1. The molecular weight excluding hydrogens is 269 g/mol. The fourth-order valence-corrected chi connectivity index (χ4v) is 0.786. The highest BCUT2D eigenvalue weighted by molar-refractivity contribution is 14.1. The number of rotatable bonds is 3. The van der Waals surface area contributed by atoms with Gasteiger partial charge in [-0.05, 0) is 22.6 Å². The van der Waals surface area contributed by atoms with Gasteiger partial charge in [-0.15, -0.1) is 6.42 Å². The maximum absolute atomic E-state index is 4.96. The van der Waals surface area contributed by atoms with Crippen molar-refractivity contribution in [3.8, 4) is 12.3 Å². The van der Waals surface area contributed by atoms with E-state index in [-0.39, 0.29) is 6.61 Å². The highest BCUT2D eigenvalue weighted by Crippen LogP contribution is 2.02. The quantitative estimate of drug-likeness (QED) is 0.388. The van der Waals surface area contributed by atoms with E-state index in [1.54, 1.807) is 12.4 Å². The van der Waals surface area contributed by atoms with Crippen molar-refractivity contribution in [1.82, 2.24) is 9.97 Å². The number of nitrogens with one attached hydrogen (secondary N) is 1. The van der Waals surface area contributed by atoms with Crippen LogP contribution in [0.5, 0.6) is 0 Å². The van der Waals surface area contributed by atoms with Crippen LogP contribution in [0.1, 0.15) is 0 Å². The van der Waals surface area contributed by atoms with Crippen LogP contribution in [-0.4, -0.2) is 16.6 Å². The van der Waals surface area contributed by atoms with Gasteiger partial charge in [0.1, 0.15) is 6.61 Å². The van der Waals surface area contributed by atoms with E-state index >= 15 is 0 Å². The molecule has 1 heterocycles. The van der Waals surface area contributed by atoms with Crippen LogP contribution >= 0.6 is 22.6 Å². The molecule has 0 saturated carbocycles. The molecule has 4 nitrogen and oxygen atoms in total. The van der Waals surface area contributed by atoms with E-state index in [2.05, 4.69) is 44.0 Å². The van der Waals surface area contributed by atoms with Gasteiger partial charge in [-0.25, -0.2) is 15.4 Å². The summed E-state index contributed by atoms with van der Waals surface area (Å²) in [6, 6.07) is 0. The second-order valence-electron chi connectivity index (χ2n) is 1.82. The van der Waals surface area contributed by atoms with Crippen LogP contribution in [0.3, 0.4) is 0 Å². The Bertz CT molecular complexity index is 280. The maximum atomic E-state index is 4.96. The Morgan fingerprint density at radius 1 is 1.58 bits per heavy atom. The Hall–Kier alpha value is -0.870. The van der Waals surface area contributed by atoms with Crippen LogP contribution in [-0.2, 0) is 4.84 Å². The molecular formula is C7H6IN3O. The van der Waals surface area contributed by atoms with Gasteiger partial charge in [0, 0.05) is 16.0 Å². The van der Waals surface area contributed by atoms with E-state index in [9.17, 15) is 0 Å². The van der Waals surface area contributed by atoms with Crippen LogP contribution < -0.4 is 5.48 Å². The van der Waals surface area contributed by atoms with Gasteiger partial charge in [0.2, 0.25) is 5.95 Å². The lowest BCUT2D eigenvalue weighted by atomic mass is 10.7. The van der Waals surface area contributed by atoms with Gasteiger partial charge in [0.05, 0.1) is 0 Å². The second kappa shape index (κ2) is 4.90. The molecule has 1 aromatic rings. The van der Waals surface area contributed by atoms with Crippen molar-refractivity contribution in [2.24, 2.45) is 0 Å². The fourth-order valence-electron chi connectivity index (χ4n) is 0.507. The van der Waals surface area contributed by atoms with Crippen LogP contribution in [0.25, 0.3) is 0 Å². The lowest BCUT2D eigenvalue weighted by Crippen LogP contribution is -2.04. The van der Waals surface area contributed by atoms with E-state index in [1.165, 1.54) is 0 Å². The summed E-state index contributed by atoms with van der Waals surface area (Å²) in [6.45, 7) is 0.190. The minimum absolute atomic E-state index is 0.190. The third-order valence-corrected chi connectivity index (χ3v) is 1.50. The first-order chi connectivity index (χ1) is 5.83. The standard InChI is InChI=1S/C7H6IN3O/c1-2-3-12-11-7-9-4-6(8)5-10-7/h1,4-5H,3H2,(H,9,10,11). The molecule has 62 valence electrons. The Kier molecular flexibility index (Phi) is 3.76. The zero-order valence-electron chi connectivity index (χ0n) is 6.12. The number of aromatic nitrogens is 2. The summed E-state index contributed by atoms with van der Waals surface area (Å²) in [5.74, 6) is 2.72. The molecule has 0 aliphatic carbocycles. The SMILES string of the molecule is C#CCONc1ncc(I)cn1. The van der Waals surface area contributed by atoms with Crippen molar-refractivity contribution in [3.05, 3.63) is 16.0 Å². The van der Waals surface area contributed by atoms with Crippen molar-refractivity contribution in [3.63, 3.8) is 0 Å². The number of anilines is 1. The predicted molar refractivity (Wildman–Crippen MR) is 53.2 cm³/mol. The van der Waals surface area contributed by atoms with Crippen LogP contribution in [0.2, 0.25) is 0 Å². The molecule has 0 fully saturated rings. The van der Waals surface area contributed by atoms with Gasteiger partial charge < -0.3 is 0 Å². The molecule has 0 radical (unpaired) electrons. The summed E-state index contributed by atoms with van der Waals surface area (Å²) in [5.41, 5.74) is 2.50. The first-order valence-electron chi connectivity index (χ1n) is 3.11. The first kappa shape index (κ1) is 9.22. The highest BCUT2D eigenvalue weighted by atomic mass is 127. The molecule has 0 aliphatic rings. The van der Waals surface area contributed by atoms with Gasteiger partial charge in [-0.1, -0.05) is 5.92 Å². The van der Waals surface area contributed by atoms with Gasteiger partial charge in [-0.2, -0.15) is 0 Å². The minimum Gasteiger partial charge on any atom is -0.261 e. The molecule has 0 bridgehead atoms. The first-order valence-corrected chi connectivity index (χ1v) is 4.19. The van der Waals surface area contributed by atoms with Crippen LogP contribution in [0.15, 0.2) is 12.4 Å². The molecule has 0 aliphatic heterocycles. The summed E-state index contributed by atoms with van der Waals surface area (Å²) in [4.78, 5) is 12.6. The number of terminal acetylenes is 1. The molecule has 12 heavy (non-hydrogen) atoms. The summed E-state index contributed by atoms with van der Waals surface area (Å²) < 4.78 is 0.968. The third kappa shape index (κ3) is 3.02. The number of hydrogen-bond acceptors (Lipinski definition) is 4. The molecule has 0 unspecified atom stereocenters. The van der Waals surface area contributed by atoms with E-state index in [4.69, 9.17) is 11.3 Å². The monoisotopic (exact) mass is 275 g/mol. The number of halogens is 1. The van der Waals surface area contributed by atoms with Crippen molar-refractivity contribution in [2.75, 3.05) is 12.1 Å². The topological polar surface area (TPSA) is 47.0 Å². The Balaban J connectivity index is 2.43. The zero-order chi connectivity index (χ0) is 8.81. The van der Waals surface area contributed by atoms with E-state index in [1.807, 2.05) is 0 Å². The van der Waals surface area contributed by atoms with Crippen molar-refractivity contribution in [2.45, 2.75) is 0 Å². The molecule has 0 spiro atoms. The van der Waals surface area contributed by atoms with Crippen molar-refractivity contribution >= 4 is 28.5 Å². The molecule has 0 atom stereocenters. The summed E-state index contributed by atoms with van der Waals surface area (Å²) in [6.07, 6.45) is 8.31. The van der Waals surface area contributed by atoms with Crippen molar-refractivity contribution < 1.29 is 4.84 Å². The molecule has 1 rings (SSSR count). The average Bonchev–Trinajstić information content (AvgIpc) is 2.09. The predicted octanol–water partition coefficient (Wildman–Crippen LogP) is 1.06. The molecule has 5 heteroatoms. The lowest BCUT2D eigenvalue weighted by Gasteiger charge is -2.00. The third-order valence-electron chi connectivity index (χ3n) is 0.939. The molecule has 0 saturated heterocycles. The molecule has 0 amide bonds. The maximum Gasteiger partial charge on any atom is 0.247 e. The van der Waals surface area contributed by atoms with Gasteiger partial charge in [0.15, 0.2) is 0 Å². The van der Waals surface area contributed by atoms with Crippen molar-refractivity contribution in [1.29, 1.82) is 0 Å². The Morgan fingerprint density at radius 3 is 2.83 bits per heavy atom. The smallest absolute Gasteiger partial charge is 0.247 e. The van der Waals surface area contributed by atoms with E-state index in [0.29, 0.717) is 5.95 Å². The highest BCUT2D eigenvalue weighted by Gasteiger charge is 1.92. The zero-order valence-corrected chi connectivity index (χ0v) is 8.28. The average molecular weight is 275 g/mol. The lowest BCUT2D eigenvalue weighted by molar-refractivity contribution is 0.230. The Morgan fingerprint density at radius 2 is 2.25 bits per heavy atom. The molecule has 1 aromatic heterocycles. The van der Waals surface area contributed by atoms with Gasteiger partial charge in [0.25, 0.3) is 0 Å². The summed E-state index contributed by atoms with van der Waals surface area (Å²) >= 11 is 2.12.